The van der Waals surface area contributed by atoms with Crippen molar-refractivity contribution in [2.24, 2.45) is 13.0 Å². The summed E-state index contributed by atoms with van der Waals surface area (Å²) >= 11 is 0. The van der Waals surface area contributed by atoms with Gasteiger partial charge in [0.2, 0.25) is 0 Å². The molecule has 0 aliphatic heterocycles. The van der Waals surface area contributed by atoms with Crippen LogP contribution in [0.1, 0.15) is 35.6 Å². The van der Waals surface area contributed by atoms with E-state index in [-0.39, 0.29) is 6.61 Å². The number of anilines is 1. The minimum atomic E-state index is -0.560. The van der Waals surface area contributed by atoms with Crippen molar-refractivity contribution >= 4 is 17.6 Å². The smallest absolute Gasteiger partial charge is 0.338 e. The highest BCUT2D eigenvalue weighted by atomic mass is 16.5. The van der Waals surface area contributed by atoms with E-state index in [1.807, 2.05) is 6.92 Å². The van der Waals surface area contributed by atoms with Crippen LogP contribution in [0.3, 0.4) is 0 Å². The molecule has 0 bridgehead atoms. The summed E-state index contributed by atoms with van der Waals surface area (Å²) in [6, 6.07) is 6.65. The summed E-state index contributed by atoms with van der Waals surface area (Å²) in [5.74, 6) is 0.144. The summed E-state index contributed by atoms with van der Waals surface area (Å²) in [5.41, 5.74) is 2.55. The molecule has 2 aromatic rings. The van der Waals surface area contributed by atoms with Crippen LogP contribution in [-0.4, -0.2) is 34.9 Å². The van der Waals surface area contributed by atoms with Crippen molar-refractivity contribution in [3.8, 4) is 5.75 Å². The number of aryl methyl sites for hydroxylation is 2. The third-order valence-electron chi connectivity index (χ3n) is 3.78. The molecule has 0 unspecified atom stereocenters. The van der Waals surface area contributed by atoms with Crippen LogP contribution in [0, 0.1) is 19.8 Å². The molecule has 1 N–H and O–H groups in total. The molecule has 1 aromatic carbocycles. The fraction of sp³-hybridized carbons (Fsp3) is 0.421. The van der Waals surface area contributed by atoms with Crippen LogP contribution in [-0.2, 0) is 16.6 Å². The number of carbonyl (C=O) groups is 2. The second-order valence-electron chi connectivity index (χ2n) is 6.52. The monoisotopic (exact) mass is 359 g/mol. The summed E-state index contributed by atoms with van der Waals surface area (Å²) in [7, 11) is 1.80. The third kappa shape index (κ3) is 5.08. The van der Waals surface area contributed by atoms with E-state index in [0.29, 0.717) is 35.2 Å². The van der Waals surface area contributed by atoms with Gasteiger partial charge >= 0.3 is 5.97 Å². The van der Waals surface area contributed by atoms with Crippen molar-refractivity contribution in [3.63, 3.8) is 0 Å². The second kappa shape index (κ2) is 8.51. The van der Waals surface area contributed by atoms with E-state index in [2.05, 4.69) is 24.3 Å². The Bertz CT molecular complexity index is 779. The molecule has 0 aliphatic carbocycles. The molecular weight excluding hydrogens is 334 g/mol. The molecule has 7 heteroatoms. The predicted molar refractivity (Wildman–Crippen MR) is 98.4 cm³/mol. The molecule has 0 saturated carbocycles. The van der Waals surface area contributed by atoms with Gasteiger partial charge in [0.15, 0.2) is 6.61 Å². The van der Waals surface area contributed by atoms with Gasteiger partial charge in [-0.3, -0.25) is 9.48 Å². The number of ether oxygens (including phenoxy) is 2. The van der Waals surface area contributed by atoms with Crippen LogP contribution in [0.2, 0.25) is 0 Å². The molecule has 2 rings (SSSR count). The molecule has 26 heavy (non-hydrogen) atoms. The van der Waals surface area contributed by atoms with Gasteiger partial charge in [0.25, 0.3) is 5.91 Å². The van der Waals surface area contributed by atoms with Gasteiger partial charge < -0.3 is 14.8 Å². The summed E-state index contributed by atoms with van der Waals surface area (Å²) < 4.78 is 12.3. The summed E-state index contributed by atoms with van der Waals surface area (Å²) in [6.07, 6.45) is 0. The molecule has 1 aromatic heterocycles. The zero-order valence-electron chi connectivity index (χ0n) is 15.8. The maximum atomic E-state index is 12.1. The number of esters is 1. The SMILES string of the molecule is Cc1nn(C)c(C)c1NC(=O)COC(=O)c1ccc(OCC(C)C)cc1. The largest absolute Gasteiger partial charge is 0.493 e. The highest BCUT2D eigenvalue weighted by Crippen LogP contribution is 2.18. The van der Waals surface area contributed by atoms with Crippen molar-refractivity contribution in [2.75, 3.05) is 18.5 Å². The molecule has 7 nitrogen and oxygen atoms in total. The van der Waals surface area contributed by atoms with E-state index in [1.54, 1.807) is 42.9 Å². The zero-order chi connectivity index (χ0) is 19.3. The number of carbonyl (C=O) groups excluding carboxylic acids is 2. The predicted octanol–water partition coefficient (Wildman–Crippen LogP) is 2.87. The molecule has 1 heterocycles. The van der Waals surface area contributed by atoms with Crippen LogP contribution in [0.4, 0.5) is 5.69 Å². The Hall–Kier alpha value is -2.83. The van der Waals surface area contributed by atoms with Crippen molar-refractivity contribution < 1.29 is 19.1 Å². The highest BCUT2D eigenvalue weighted by Gasteiger charge is 2.15. The number of rotatable bonds is 7. The minimum Gasteiger partial charge on any atom is -0.493 e. The Kier molecular flexibility index (Phi) is 6.38. The quantitative estimate of drug-likeness (QED) is 0.769. The Morgan fingerprint density at radius 2 is 1.85 bits per heavy atom. The third-order valence-corrected chi connectivity index (χ3v) is 3.78. The van der Waals surface area contributed by atoms with Gasteiger partial charge in [-0.05, 0) is 44.0 Å². The summed E-state index contributed by atoms with van der Waals surface area (Å²) in [5, 5.41) is 6.95. The Morgan fingerprint density at radius 1 is 1.19 bits per heavy atom. The maximum Gasteiger partial charge on any atom is 0.338 e. The van der Waals surface area contributed by atoms with E-state index in [1.165, 1.54) is 0 Å². The molecule has 0 spiro atoms. The first kappa shape index (κ1) is 19.5. The molecule has 0 radical (unpaired) electrons. The van der Waals surface area contributed by atoms with Gasteiger partial charge in [-0.2, -0.15) is 5.10 Å². The number of benzene rings is 1. The van der Waals surface area contributed by atoms with Gasteiger partial charge in [-0.1, -0.05) is 13.8 Å². The lowest BCUT2D eigenvalue weighted by molar-refractivity contribution is -0.119. The Balaban J connectivity index is 1.86. The van der Waals surface area contributed by atoms with Gasteiger partial charge in [-0.25, -0.2) is 4.79 Å². The molecule has 0 saturated heterocycles. The van der Waals surface area contributed by atoms with Crippen molar-refractivity contribution in [1.29, 1.82) is 0 Å². The number of aromatic nitrogens is 2. The lowest BCUT2D eigenvalue weighted by atomic mass is 10.2. The highest BCUT2D eigenvalue weighted by molar-refractivity contribution is 5.96. The van der Waals surface area contributed by atoms with Crippen molar-refractivity contribution in [2.45, 2.75) is 27.7 Å². The number of hydrogen-bond acceptors (Lipinski definition) is 5. The summed E-state index contributed by atoms with van der Waals surface area (Å²) in [4.78, 5) is 24.1. The van der Waals surface area contributed by atoms with E-state index in [0.717, 1.165) is 5.69 Å². The van der Waals surface area contributed by atoms with E-state index >= 15 is 0 Å². The van der Waals surface area contributed by atoms with Crippen LogP contribution >= 0.6 is 0 Å². The number of amides is 1. The van der Waals surface area contributed by atoms with E-state index in [9.17, 15) is 9.59 Å². The van der Waals surface area contributed by atoms with Gasteiger partial charge in [0.1, 0.15) is 5.75 Å². The molecule has 0 aliphatic rings. The Morgan fingerprint density at radius 3 is 2.38 bits per heavy atom. The first-order valence-corrected chi connectivity index (χ1v) is 8.48. The van der Waals surface area contributed by atoms with E-state index < -0.39 is 11.9 Å². The molecule has 140 valence electrons. The fourth-order valence-electron chi connectivity index (χ4n) is 2.29. The average molecular weight is 359 g/mol. The standard InChI is InChI=1S/C19H25N3O4/c1-12(2)10-25-16-8-6-15(7-9-16)19(24)26-11-17(23)20-18-13(3)21-22(5)14(18)4/h6-9,12H,10-11H2,1-5H3,(H,20,23). The number of nitrogens with zero attached hydrogens (tertiary/aromatic N) is 2. The summed E-state index contributed by atoms with van der Waals surface area (Å²) in [6.45, 7) is 8.02. The average Bonchev–Trinajstić information content (AvgIpc) is 2.84. The van der Waals surface area contributed by atoms with Gasteiger partial charge in [-0.15, -0.1) is 0 Å². The normalized spacial score (nSPS) is 10.7. The lowest BCUT2D eigenvalue weighted by Gasteiger charge is -2.09. The van der Waals surface area contributed by atoms with Crippen LogP contribution in [0.15, 0.2) is 24.3 Å². The number of nitrogens with one attached hydrogen (secondary N) is 1. The fourth-order valence-corrected chi connectivity index (χ4v) is 2.29. The van der Waals surface area contributed by atoms with Crippen LogP contribution < -0.4 is 10.1 Å². The van der Waals surface area contributed by atoms with Crippen LogP contribution in [0.25, 0.3) is 0 Å². The topological polar surface area (TPSA) is 82.5 Å². The Labute approximate surface area is 153 Å². The second-order valence-corrected chi connectivity index (χ2v) is 6.52. The van der Waals surface area contributed by atoms with Crippen LogP contribution in [0.5, 0.6) is 5.75 Å². The molecule has 0 fully saturated rings. The first-order chi connectivity index (χ1) is 12.3. The van der Waals surface area contributed by atoms with E-state index in [4.69, 9.17) is 9.47 Å². The zero-order valence-corrected chi connectivity index (χ0v) is 15.8. The molecule has 0 atom stereocenters. The van der Waals surface area contributed by atoms with Gasteiger partial charge in [0, 0.05) is 7.05 Å². The lowest BCUT2D eigenvalue weighted by Crippen LogP contribution is -2.21. The minimum absolute atomic E-state index is 0.363. The van der Waals surface area contributed by atoms with Crippen molar-refractivity contribution in [3.05, 3.63) is 41.2 Å². The van der Waals surface area contributed by atoms with Gasteiger partial charge in [0.05, 0.1) is 29.2 Å². The molecule has 1 amide bonds. The molecular formula is C19H25N3O4. The van der Waals surface area contributed by atoms with Crippen molar-refractivity contribution in [1.82, 2.24) is 9.78 Å². The first-order valence-electron chi connectivity index (χ1n) is 8.48. The number of hydrogen-bond donors (Lipinski definition) is 1. The maximum absolute atomic E-state index is 12.1.